The quantitative estimate of drug-likeness (QED) is 0.753. The average molecular weight is 248 g/mol. The molecule has 0 saturated carbocycles. The number of imidazole rings is 1. The van der Waals surface area contributed by atoms with E-state index in [9.17, 15) is 4.79 Å². The molecule has 1 fully saturated rings. The van der Waals surface area contributed by atoms with Crippen LogP contribution in [0.4, 0.5) is 0 Å². The molecule has 0 aromatic carbocycles. The van der Waals surface area contributed by atoms with E-state index in [4.69, 9.17) is 0 Å². The molecule has 0 unspecified atom stereocenters. The normalized spacial score (nSPS) is 16.4. The van der Waals surface area contributed by atoms with Crippen LogP contribution in [0.2, 0.25) is 0 Å². The molecule has 0 aliphatic carbocycles. The van der Waals surface area contributed by atoms with E-state index in [0.29, 0.717) is 11.3 Å². The fraction of sp³-hybridized carbons (Fsp3) is 0.364. The summed E-state index contributed by atoms with van der Waals surface area (Å²) in [5.41, 5.74) is 1.08. The zero-order valence-corrected chi connectivity index (χ0v) is 10.1. The van der Waals surface area contributed by atoms with Crippen LogP contribution in [-0.2, 0) is 0 Å². The highest BCUT2D eigenvalue weighted by Crippen LogP contribution is 2.14. The molecule has 3 rings (SSSR count). The number of carbonyl (C=O) groups is 1. The highest BCUT2D eigenvalue weighted by atomic mass is 32.2. The number of amides is 1. The van der Waals surface area contributed by atoms with Crippen molar-refractivity contribution in [3.05, 3.63) is 30.5 Å². The summed E-state index contributed by atoms with van der Waals surface area (Å²) >= 11 is 1.88. The lowest BCUT2D eigenvalue weighted by molar-refractivity contribution is 0.0768. The first-order valence-electron chi connectivity index (χ1n) is 5.51. The van der Waals surface area contributed by atoms with Crippen LogP contribution in [-0.4, -0.2) is 49.8 Å². The number of hydrogen-bond acceptors (Lipinski definition) is 4. The predicted octanol–water partition coefficient (Wildman–Crippen LogP) is 0.918. The van der Waals surface area contributed by atoms with E-state index in [0.717, 1.165) is 24.6 Å². The van der Waals surface area contributed by atoms with Gasteiger partial charge in [-0.05, 0) is 0 Å². The minimum atomic E-state index is -0.0119. The van der Waals surface area contributed by atoms with Gasteiger partial charge in [0.05, 0.1) is 0 Å². The number of thioether (sulfide) groups is 1. The van der Waals surface area contributed by atoms with Crippen LogP contribution in [0.25, 0.3) is 5.65 Å². The Kier molecular flexibility index (Phi) is 2.72. The molecule has 2 aromatic rings. The molecule has 1 saturated heterocycles. The highest BCUT2D eigenvalue weighted by molar-refractivity contribution is 7.99. The Bertz CT molecular complexity index is 547. The second-order valence-corrected chi connectivity index (χ2v) is 5.06. The molecule has 1 aliphatic heterocycles. The second kappa shape index (κ2) is 4.37. The van der Waals surface area contributed by atoms with E-state index in [1.165, 1.54) is 0 Å². The summed E-state index contributed by atoms with van der Waals surface area (Å²) < 4.78 is 1.82. The third kappa shape index (κ3) is 1.88. The Morgan fingerprint density at radius 1 is 1.18 bits per heavy atom. The second-order valence-electron chi connectivity index (χ2n) is 3.84. The molecule has 88 valence electrons. The van der Waals surface area contributed by atoms with Gasteiger partial charge in [0.2, 0.25) is 0 Å². The van der Waals surface area contributed by atoms with Gasteiger partial charge in [0.1, 0.15) is 0 Å². The lowest BCUT2D eigenvalue weighted by atomic mass is 10.3. The molecule has 0 atom stereocenters. The molecule has 2 aromatic heterocycles. The predicted molar refractivity (Wildman–Crippen MR) is 66.2 cm³/mol. The number of hydrogen-bond donors (Lipinski definition) is 0. The van der Waals surface area contributed by atoms with Gasteiger partial charge in [0, 0.05) is 49.4 Å². The van der Waals surface area contributed by atoms with Crippen molar-refractivity contribution in [3.8, 4) is 0 Å². The molecule has 0 spiro atoms. The van der Waals surface area contributed by atoms with E-state index in [-0.39, 0.29) is 5.91 Å². The number of rotatable bonds is 1. The van der Waals surface area contributed by atoms with Crippen LogP contribution in [0.15, 0.2) is 24.8 Å². The van der Waals surface area contributed by atoms with Crippen LogP contribution < -0.4 is 0 Å². The minimum absolute atomic E-state index is 0.0119. The van der Waals surface area contributed by atoms with Gasteiger partial charge in [-0.1, -0.05) is 0 Å². The topological polar surface area (TPSA) is 50.5 Å². The third-order valence-electron chi connectivity index (χ3n) is 2.81. The van der Waals surface area contributed by atoms with Gasteiger partial charge in [-0.3, -0.25) is 4.79 Å². The summed E-state index contributed by atoms with van der Waals surface area (Å²) in [4.78, 5) is 22.5. The summed E-state index contributed by atoms with van der Waals surface area (Å²) in [5, 5.41) is 0. The third-order valence-corrected chi connectivity index (χ3v) is 3.75. The summed E-state index contributed by atoms with van der Waals surface area (Å²) in [6.07, 6.45) is 6.94. The minimum Gasteiger partial charge on any atom is -0.336 e. The Balaban J connectivity index is 1.97. The first kappa shape index (κ1) is 10.6. The lowest BCUT2D eigenvalue weighted by Crippen LogP contribution is -2.38. The van der Waals surface area contributed by atoms with Gasteiger partial charge >= 0.3 is 0 Å². The summed E-state index contributed by atoms with van der Waals surface area (Å²) in [5.74, 6) is 1.99. The van der Waals surface area contributed by atoms with Crippen LogP contribution >= 0.6 is 11.8 Å². The number of carbonyl (C=O) groups excluding carboxylic acids is 1. The van der Waals surface area contributed by atoms with Gasteiger partial charge in [-0.25, -0.2) is 9.97 Å². The van der Waals surface area contributed by atoms with Crippen molar-refractivity contribution in [2.24, 2.45) is 0 Å². The van der Waals surface area contributed by atoms with Crippen molar-refractivity contribution in [2.45, 2.75) is 0 Å². The van der Waals surface area contributed by atoms with E-state index in [2.05, 4.69) is 9.97 Å². The molecule has 5 nitrogen and oxygen atoms in total. The molecule has 0 radical (unpaired) electrons. The average Bonchev–Trinajstić information content (AvgIpc) is 2.87. The van der Waals surface area contributed by atoms with Gasteiger partial charge < -0.3 is 9.30 Å². The Morgan fingerprint density at radius 2 is 1.88 bits per heavy atom. The first-order valence-corrected chi connectivity index (χ1v) is 6.66. The molecule has 6 heteroatoms. The zero-order valence-electron chi connectivity index (χ0n) is 9.24. The lowest BCUT2D eigenvalue weighted by Gasteiger charge is -2.25. The first-order chi connectivity index (χ1) is 8.36. The summed E-state index contributed by atoms with van der Waals surface area (Å²) in [6.45, 7) is 1.60. The fourth-order valence-electron chi connectivity index (χ4n) is 1.92. The smallest absolute Gasteiger partial charge is 0.276 e. The van der Waals surface area contributed by atoms with Crippen LogP contribution in [0.1, 0.15) is 10.5 Å². The van der Waals surface area contributed by atoms with Crippen LogP contribution in [0.5, 0.6) is 0 Å². The van der Waals surface area contributed by atoms with Crippen molar-refractivity contribution in [2.75, 3.05) is 24.6 Å². The van der Waals surface area contributed by atoms with Crippen molar-refractivity contribution in [1.29, 1.82) is 0 Å². The summed E-state index contributed by atoms with van der Waals surface area (Å²) in [6, 6.07) is 0. The van der Waals surface area contributed by atoms with E-state index < -0.39 is 0 Å². The standard InChI is InChI=1S/C11H12N4OS/c16-11(15-5-7-17-8-6-15)9-10-13-2-4-14(10)3-1-12-9/h1-4H,5-8H2. The summed E-state index contributed by atoms with van der Waals surface area (Å²) in [7, 11) is 0. The number of fused-ring (bicyclic) bond motifs is 1. The van der Waals surface area contributed by atoms with Crippen molar-refractivity contribution >= 4 is 23.3 Å². The fourth-order valence-corrected chi connectivity index (χ4v) is 2.82. The van der Waals surface area contributed by atoms with Crippen molar-refractivity contribution in [1.82, 2.24) is 19.3 Å². The maximum absolute atomic E-state index is 12.3. The van der Waals surface area contributed by atoms with E-state index in [1.807, 2.05) is 27.3 Å². The largest absolute Gasteiger partial charge is 0.336 e. The molecule has 1 aliphatic rings. The number of aromatic nitrogens is 3. The van der Waals surface area contributed by atoms with Gasteiger partial charge in [0.15, 0.2) is 11.3 Å². The highest BCUT2D eigenvalue weighted by Gasteiger charge is 2.22. The maximum atomic E-state index is 12.3. The van der Waals surface area contributed by atoms with Crippen molar-refractivity contribution < 1.29 is 4.79 Å². The van der Waals surface area contributed by atoms with Gasteiger partial charge in [-0.2, -0.15) is 11.8 Å². The van der Waals surface area contributed by atoms with Crippen LogP contribution in [0, 0.1) is 0 Å². The Morgan fingerprint density at radius 3 is 2.65 bits per heavy atom. The monoisotopic (exact) mass is 248 g/mol. The zero-order chi connectivity index (χ0) is 11.7. The molecule has 1 amide bonds. The SMILES string of the molecule is O=C(c1nccn2ccnc12)N1CCSCC1. The molecular formula is C11H12N4OS. The Hall–Kier alpha value is -1.56. The number of nitrogens with zero attached hydrogens (tertiary/aromatic N) is 4. The molecule has 17 heavy (non-hydrogen) atoms. The van der Waals surface area contributed by atoms with E-state index in [1.54, 1.807) is 18.6 Å². The molecular weight excluding hydrogens is 236 g/mol. The van der Waals surface area contributed by atoms with Gasteiger partial charge in [0.25, 0.3) is 5.91 Å². The molecule has 0 bridgehead atoms. The maximum Gasteiger partial charge on any atom is 0.276 e. The molecule has 3 heterocycles. The van der Waals surface area contributed by atoms with E-state index >= 15 is 0 Å². The Labute approximate surface area is 103 Å². The van der Waals surface area contributed by atoms with Gasteiger partial charge in [-0.15, -0.1) is 0 Å². The van der Waals surface area contributed by atoms with Crippen molar-refractivity contribution in [3.63, 3.8) is 0 Å². The van der Waals surface area contributed by atoms with Crippen LogP contribution in [0.3, 0.4) is 0 Å². The molecule has 0 N–H and O–H groups in total.